The quantitative estimate of drug-likeness (QED) is 0.572. The summed E-state index contributed by atoms with van der Waals surface area (Å²) in [5.74, 6) is 1.50. The van der Waals surface area contributed by atoms with Gasteiger partial charge in [0.15, 0.2) is 0 Å². The van der Waals surface area contributed by atoms with Crippen LogP contribution in [0.5, 0.6) is 0 Å². The standard InChI is InChI=1S/C13H25N3/c1-16(12-7-8-12)10-9-15-13(14)11-5-3-2-4-6-11/h11-12H,2-10H2,1H3,(H2,14,15). The molecule has 0 atom stereocenters. The maximum absolute atomic E-state index is 6.06. The van der Waals surface area contributed by atoms with E-state index in [4.69, 9.17) is 5.73 Å². The van der Waals surface area contributed by atoms with Gasteiger partial charge in [0.1, 0.15) is 0 Å². The van der Waals surface area contributed by atoms with Crippen molar-refractivity contribution in [1.29, 1.82) is 0 Å². The molecule has 0 aromatic carbocycles. The smallest absolute Gasteiger partial charge is 0.0968 e. The van der Waals surface area contributed by atoms with Crippen molar-refractivity contribution in [2.75, 3.05) is 20.1 Å². The normalized spacial score (nSPS) is 24.0. The average molecular weight is 223 g/mol. The molecule has 0 aromatic rings. The lowest BCUT2D eigenvalue weighted by molar-refractivity contribution is 0.333. The van der Waals surface area contributed by atoms with Gasteiger partial charge in [0.25, 0.3) is 0 Å². The van der Waals surface area contributed by atoms with Crippen LogP contribution in [0.4, 0.5) is 0 Å². The molecule has 0 heterocycles. The van der Waals surface area contributed by atoms with Crippen molar-refractivity contribution in [2.24, 2.45) is 16.6 Å². The lowest BCUT2D eigenvalue weighted by Crippen LogP contribution is -2.28. The van der Waals surface area contributed by atoms with Gasteiger partial charge in [-0.05, 0) is 32.7 Å². The van der Waals surface area contributed by atoms with Crippen LogP contribution >= 0.6 is 0 Å². The van der Waals surface area contributed by atoms with E-state index in [9.17, 15) is 0 Å². The maximum Gasteiger partial charge on any atom is 0.0968 e. The predicted octanol–water partition coefficient (Wildman–Crippen LogP) is 2.02. The number of rotatable bonds is 5. The summed E-state index contributed by atoms with van der Waals surface area (Å²) >= 11 is 0. The molecule has 3 nitrogen and oxygen atoms in total. The van der Waals surface area contributed by atoms with Gasteiger partial charge in [-0.3, -0.25) is 4.99 Å². The summed E-state index contributed by atoms with van der Waals surface area (Å²) in [6.45, 7) is 1.95. The third-order valence-corrected chi connectivity index (χ3v) is 3.94. The first kappa shape index (κ1) is 11.9. The molecule has 0 bridgehead atoms. The van der Waals surface area contributed by atoms with Crippen LogP contribution in [-0.2, 0) is 0 Å². The van der Waals surface area contributed by atoms with Crippen LogP contribution in [0.2, 0.25) is 0 Å². The summed E-state index contributed by atoms with van der Waals surface area (Å²) in [7, 11) is 2.20. The van der Waals surface area contributed by atoms with E-state index in [0.29, 0.717) is 5.92 Å². The third kappa shape index (κ3) is 3.48. The molecule has 0 aromatic heterocycles. The van der Waals surface area contributed by atoms with E-state index in [2.05, 4.69) is 16.9 Å². The fourth-order valence-electron chi connectivity index (χ4n) is 2.56. The summed E-state index contributed by atoms with van der Waals surface area (Å²) in [5, 5.41) is 0. The zero-order chi connectivity index (χ0) is 11.4. The highest BCUT2D eigenvalue weighted by Crippen LogP contribution is 2.25. The molecule has 3 heteroatoms. The highest BCUT2D eigenvalue weighted by molar-refractivity contribution is 5.82. The SMILES string of the molecule is CN(CCN=C(N)C1CCCCC1)C1CC1. The van der Waals surface area contributed by atoms with Crippen LogP contribution in [0.1, 0.15) is 44.9 Å². The van der Waals surface area contributed by atoms with Crippen molar-refractivity contribution in [3.05, 3.63) is 0 Å². The van der Waals surface area contributed by atoms with Crippen LogP contribution in [0, 0.1) is 5.92 Å². The Balaban J connectivity index is 1.68. The van der Waals surface area contributed by atoms with Gasteiger partial charge in [0.2, 0.25) is 0 Å². The van der Waals surface area contributed by atoms with E-state index < -0.39 is 0 Å². The van der Waals surface area contributed by atoms with Gasteiger partial charge >= 0.3 is 0 Å². The highest BCUT2D eigenvalue weighted by Gasteiger charge is 2.25. The number of likely N-dealkylation sites (N-methyl/N-ethyl adjacent to an activating group) is 1. The van der Waals surface area contributed by atoms with Crippen molar-refractivity contribution in [3.8, 4) is 0 Å². The molecule has 2 aliphatic carbocycles. The van der Waals surface area contributed by atoms with E-state index >= 15 is 0 Å². The first-order valence-corrected chi connectivity index (χ1v) is 6.77. The topological polar surface area (TPSA) is 41.6 Å². The minimum Gasteiger partial charge on any atom is -0.387 e. The monoisotopic (exact) mass is 223 g/mol. The van der Waals surface area contributed by atoms with E-state index in [0.717, 1.165) is 25.0 Å². The van der Waals surface area contributed by atoms with Gasteiger partial charge in [-0.25, -0.2) is 0 Å². The molecule has 0 amide bonds. The Kier molecular flexibility index (Phi) is 4.22. The van der Waals surface area contributed by atoms with Crippen LogP contribution in [0.15, 0.2) is 4.99 Å². The Morgan fingerprint density at radius 1 is 1.19 bits per heavy atom. The minimum atomic E-state index is 0.583. The zero-order valence-corrected chi connectivity index (χ0v) is 10.5. The number of nitrogens with zero attached hydrogens (tertiary/aromatic N) is 2. The van der Waals surface area contributed by atoms with E-state index in [1.54, 1.807) is 0 Å². The Hall–Kier alpha value is -0.570. The molecule has 2 fully saturated rings. The molecule has 0 spiro atoms. The molecule has 2 saturated carbocycles. The molecule has 0 unspecified atom stereocenters. The minimum absolute atomic E-state index is 0.583. The largest absolute Gasteiger partial charge is 0.387 e. The lowest BCUT2D eigenvalue weighted by Gasteiger charge is -2.21. The van der Waals surface area contributed by atoms with Crippen LogP contribution in [0.25, 0.3) is 0 Å². The third-order valence-electron chi connectivity index (χ3n) is 3.94. The van der Waals surface area contributed by atoms with Gasteiger partial charge in [-0.2, -0.15) is 0 Å². The molecule has 92 valence electrons. The fraction of sp³-hybridized carbons (Fsp3) is 0.923. The van der Waals surface area contributed by atoms with Crippen molar-refractivity contribution in [1.82, 2.24) is 4.90 Å². The number of nitrogens with two attached hydrogens (primary N) is 1. The number of hydrogen-bond acceptors (Lipinski definition) is 2. The predicted molar refractivity (Wildman–Crippen MR) is 68.7 cm³/mol. The molecule has 2 aliphatic rings. The number of amidine groups is 1. The van der Waals surface area contributed by atoms with Crippen LogP contribution in [0.3, 0.4) is 0 Å². The fourth-order valence-corrected chi connectivity index (χ4v) is 2.56. The summed E-state index contributed by atoms with van der Waals surface area (Å²) in [6, 6.07) is 0.839. The van der Waals surface area contributed by atoms with Crippen LogP contribution < -0.4 is 5.73 Å². The van der Waals surface area contributed by atoms with Gasteiger partial charge in [-0.1, -0.05) is 19.3 Å². The second kappa shape index (κ2) is 5.67. The van der Waals surface area contributed by atoms with Gasteiger partial charge in [0.05, 0.1) is 12.4 Å². The summed E-state index contributed by atoms with van der Waals surface area (Å²) in [5.41, 5.74) is 6.06. The van der Waals surface area contributed by atoms with Crippen molar-refractivity contribution >= 4 is 5.84 Å². The first-order valence-electron chi connectivity index (χ1n) is 6.77. The lowest BCUT2D eigenvalue weighted by atomic mass is 9.88. The Morgan fingerprint density at radius 2 is 1.88 bits per heavy atom. The zero-order valence-electron chi connectivity index (χ0n) is 10.5. The molecule has 0 saturated heterocycles. The Morgan fingerprint density at radius 3 is 2.50 bits per heavy atom. The maximum atomic E-state index is 6.06. The Bertz CT molecular complexity index is 240. The second-order valence-electron chi connectivity index (χ2n) is 5.35. The molecular weight excluding hydrogens is 198 g/mol. The van der Waals surface area contributed by atoms with Crippen LogP contribution in [-0.4, -0.2) is 36.9 Å². The van der Waals surface area contributed by atoms with Crippen molar-refractivity contribution < 1.29 is 0 Å². The molecule has 2 N–H and O–H groups in total. The highest BCUT2D eigenvalue weighted by atomic mass is 15.2. The summed E-state index contributed by atoms with van der Waals surface area (Å²) in [6.07, 6.45) is 9.32. The molecule has 0 radical (unpaired) electrons. The van der Waals surface area contributed by atoms with Gasteiger partial charge in [0, 0.05) is 18.5 Å². The van der Waals surface area contributed by atoms with E-state index in [-0.39, 0.29) is 0 Å². The Labute approximate surface area is 99.1 Å². The van der Waals surface area contributed by atoms with E-state index in [1.165, 1.54) is 44.9 Å². The number of aliphatic imine (C=N–C) groups is 1. The summed E-state index contributed by atoms with van der Waals surface area (Å²) in [4.78, 5) is 6.97. The molecule has 2 rings (SSSR count). The van der Waals surface area contributed by atoms with Crippen molar-refractivity contribution in [3.63, 3.8) is 0 Å². The first-order chi connectivity index (χ1) is 7.77. The molecule has 0 aliphatic heterocycles. The molecular formula is C13H25N3. The summed E-state index contributed by atoms with van der Waals surface area (Å²) < 4.78 is 0. The van der Waals surface area contributed by atoms with Gasteiger partial charge in [-0.15, -0.1) is 0 Å². The molecule has 16 heavy (non-hydrogen) atoms. The van der Waals surface area contributed by atoms with E-state index in [1.807, 2.05) is 0 Å². The number of hydrogen-bond donors (Lipinski definition) is 1. The average Bonchev–Trinajstić information content (AvgIpc) is 3.14. The van der Waals surface area contributed by atoms with Crippen molar-refractivity contribution in [2.45, 2.75) is 51.0 Å². The second-order valence-corrected chi connectivity index (χ2v) is 5.35. The van der Waals surface area contributed by atoms with Gasteiger partial charge < -0.3 is 10.6 Å².